The first-order valence-electron chi connectivity index (χ1n) is 10.8. The SMILES string of the molecule is C#CC1(C(=O)N2C=C3C(=O)N(C4C[C@@H]4c4ccccc4)C(=O)N3CC2)CCCCC1. The zero-order chi connectivity index (χ0) is 20.9. The van der Waals surface area contributed by atoms with Gasteiger partial charge in [-0.25, -0.2) is 4.79 Å². The Labute approximate surface area is 176 Å². The van der Waals surface area contributed by atoms with E-state index in [4.69, 9.17) is 6.42 Å². The normalized spacial score (nSPS) is 27.4. The minimum absolute atomic E-state index is 0.107. The van der Waals surface area contributed by atoms with E-state index in [1.807, 2.05) is 30.3 Å². The molecule has 4 amide bonds. The molecule has 1 saturated heterocycles. The molecule has 2 saturated carbocycles. The fraction of sp³-hybridized carbons (Fsp3) is 0.458. The van der Waals surface area contributed by atoms with E-state index >= 15 is 0 Å². The Balaban J connectivity index is 1.37. The number of benzene rings is 1. The first-order valence-corrected chi connectivity index (χ1v) is 10.8. The quantitative estimate of drug-likeness (QED) is 0.576. The van der Waals surface area contributed by atoms with Gasteiger partial charge >= 0.3 is 6.03 Å². The highest BCUT2D eigenvalue weighted by Crippen LogP contribution is 2.47. The molecule has 0 spiro atoms. The maximum absolute atomic E-state index is 13.3. The van der Waals surface area contributed by atoms with Crippen molar-refractivity contribution in [3.63, 3.8) is 0 Å². The van der Waals surface area contributed by atoms with Crippen molar-refractivity contribution in [2.45, 2.75) is 50.5 Å². The van der Waals surface area contributed by atoms with Crippen molar-refractivity contribution in [2.75, 3.05) is 13.1 Å². The van der Waals surface area contributed by atoms with Crippen LogP contribution in [0.25, 0.3) is 0 Å². The van der Waals surface area contributed by atoms with Gasteiger partial charge in [-0.2, -0.15) is 0 Å². The summed E-state index contributed by atoms with van der Waals surface area (Å²) in [5.74, 6) is 2.53. The highest BCUT2D eigenvalue weighted by Gasteiger charge is 2.55. The monoisotopic (exact) mass is 403 g/mol. The zero-order valence-electron chi connectivity index (χ0n) is 16.9. The van der Waals surface area contributed by atoms with Crippen molar-refractivity contribution >= 4 is 17.8 Å². The lowest BCUT2D eigenvalue weighted by atomic mass is 9.73. The number of terminal acetylenes is 1. The Bertz CT molecular complexity index is 971. The molecule has 0 N–H and O–H groups in total. The molecule has 2 aliphatic carbocycles. The molecular formula is C24H25N3O3. The van der Waals surface area contributed by atoms with Crippen molar-refractivity contribution in [3.8, 4) is 12.3 Å². The summed E-state index contributed by atoms with van der Waals surface area (Å²) < 4.78 is 0. The molecule has 5 rings (SSSR count). The Kier molecular flexibility index (Phi) is 4.43. The van der Waals surface area contributed by atoms with E-state index in [1.54, 1.807) is 11.1 Å². The standard InChI is InChI=1S/C24H25N3O3/c1-2-24(11-7-4-8-12-24)22(29)25-13-14-26-20(16-25)21(28)27(23(26)30)19-15-18(19)17-9-5-3-6-10-17/h1,3,5-6,9-10,16,18-19H,4,7-8,11-15H2/t18-,19?/m1/s1. The number of hydrogen-bond donors (Lipinski definition) is 0. The van der Waals surface area contributed by atoms with Crippen LogP contribution in [0.4, 0.5) is 4.79 Å². The second kappa shape index (κ2) is 7.02. The summed E-state index contributed by atoms with van der Waals surface area (Å²) >= 11 is 0. The van der Waals surface area contributed by atoms with Gasteiger partial charge in [0.15, 0.2) is 0 Å². The van der Waals surface area contributed by atoms with Gasteiger partial charge < -0.3 is 4.90 Å². The minimum Gasteiger partial charge on any atom is -0.314 e. The van der Waals surface area contributed by atoms with Crippen LogP contribution in [0.15, 0.2) is 42.2 Å². The number of rotatable bonds is 3. The number of imide groups is 1. The molecule has 1 aromatic carbocycles. The van der Waals surface area contributed by atoms with Crippen LogP contribution in [-0.4, -0.2) is 51.7 Å². The third-order valence-electron chi connectivity index (χ3n) is 6.98. The van der Waals surface area contributed by atoms with Crippen molar-refractivity contribution in [3.05, 3.63) is 47.8 Å². The molecule has 3 fully saturated rings. The molecule has 30 heavy (non-hydrogen) atoms. The van der Waals surface area contributed by atoms with Gasteiger partial charge in [0.1, 0.15) is 11.1 Å². The van der Waals surface area contributed by atoms with Crippen LogP contribution in [-0.2, 0) is 9.59 Å². The molecule has 154 valence electrons. The van der Waals surface area contributed by atoms with E-state index in [0.717, 1.165) is 31.2 Å². The second-order valence-corrected chi connectivity index (χ2v) is 8.73. The summed E-state index contributed by atoms with van der Waals surface area (Å²) in [6, 6.07) is 9.59. The van der Waals surface area contributed by atoms with Crippen molar-refractivity contribution in [1.82, 2.24) is 14.7 Å². The van der Waals surface area contributed by atoms with Gasteiger partial charge in [0.25, 0.3) is 5.91 Å². The van der Waals surface area contributed by atoms with Gasteiger partial charge in [-0.1, -0.05) is 55.5 Å². The van der Waals surface area contributed by atoms with Crippen LogP contribution in [0, 0.1) is 17.8 Å². The van der Waals surface area contributed by atoms with Crippen molar-refractivity contribution in [2.24, 2.45) is 5.41 Å². The summed E-state index contributed by atoms with van der Waals surface area (Å²) in [5.41, 5.74) is 0.658. The van der Waals surface area contributed by atoms with Crippen LogP contribution in [0.1, 0.15) is 50.0 Å². The Hall–Kier alpha value is -3.07. The summed E-state index contributed by atoms with van der Waals surface area (Å²) in [6.45, 7) is 0.688. The van der Waals surface area contributed by atoms with E-state index in [2.05, 4.69) is 5.92 Å². The van der Waals surface area contributed by atoms with E-state index < -0.39 is 5.41 Å². The lowest BCUT2D eigenvalue weighted by molar-refractivity contribution is -0.138. The van der Waals surface area contributed by atoms with Gasteiger partial charge in [-0.05, 0) is 24.8 Å². The second-order valence-electron chi connectivity index (χ2n) is 8.73. The number of amides is 4. The molecule has 0 radical (unpaired) electrons. The fourth-order valence-electron chi connectivity index (χ4n) is 5.15. The molecule has 1 aromatic rings. The first-order chi connectivity index (χ1) is 14.6. The molecule has 1 unspecified atom stereocenters. The maximum Gasteiger partial charge on any atom is 0.332 e. The highest BCUT2D eigenvalue weighted by atomic mass is 16.2. The van der Waals surface area contributed by atoms with E-state index in [-0.39, 0.29) is 29.8 Å². The van der Waals surface area contributed by atoms with Gasteiger partial charge in [-0.3, -0.25) is 19.4 Å². The van der Waals surface area contributed by atoms with Crippen LogP contribution >= 0.6 is 0 Å². The van der Waals surface area contributed by atoms with Crippen molar-refractivity contribution < 1.29 is 14.4 Å². The maximum atomic E-state index is 13.3. The molecule has 2 atom stereocenters. The molecule has 0 bridgehead atoms. The van der Waals surface area contributed by atoms with Crippen LogP contribution < -0.4 is 0 Å². The molecule has 0 aromatic heterocycles. The lowest BCUT2D eigenvalue weighted by Gasteiger charge is -2.37. The van der Waals surface area contributed by atoms with Gasteiger partial charge in [0.2, 0.25) is 5.91 Å². The third kappa shape index (κ3) is 2.84. The number of nitrogens with zero attached hydrogens (tertiary/aromatic N) is 3. The fourth-order valence-corrected chi connectivity index (χ4v) is 5.15. The lowest BCUT2D eigenvalue weighted by Crippen LogP contribution is -2.47. The minimum atomic E-state index is -0.780. The summed E-state index contributed by atoms with van der Waals surface area (Å²) in [7, 11) is 0. The van der Waals surface area contributed by atoms with Crippen LogP contribution in [0.3, 0.4) is 0 Å². The molecule has 2 heterocycles. The summed E-state index contributed by atoms with van der Waals surface area (Å²) in [4.78, 5) is 43.8. The molecule has 6 nitrogen and oxygen atoms in total. The van der Waals surface area contributed by atoms with E-state index in [0.29, 0.717) is 31.6 Å². The predicted molar refractivity (Wildman–Crippen MR) is 111 cm³/mol. The molecule has 2 aliphatic heterocycles. The number of carbonyl (C=O) groups excluding carboxylic acids is 3. The third-order valence-corrected chi connectivity index (χ3v) is 6.98. The first kappa shape index (κ1) is 18.9. The number of fused-ring (bicyclic) bond motifs is 1. The average Bonchev–Trinajstić information content (AvgIpc) is 3.55. The van der Waals surface area contributed by atoms with Gasteiger partial charge in [-0.15, -0.1) is 6.42 Å². The van der Waals surface area contributed by atoms with Crippen LogP contribution in [0.2, 0.25) is 0 Å². The summed E-state index contributed by atoms with van der Waals surface area (Å²) in [5, 5.41) is 0. The van der Waals surface area contributed by atoms with Crippen molar-refractivity contribution in [1.29, 1.82) is 0 Å². The Morgan fingerprint density at radius 2 is 1.80 bits per heavy atom. The summed E-state index contributed by atoms with van der Waals surface area (Å²) in [6.07, 6.45) is 12.5. The van der Waals surface area contributed by atoms with Gasteiger partial charge in [0.05, 0.1) is 0 Å². The van der Waals surface area contributed by atoms with Crippen LogP contribution in [0.5, 0.6) is 0 Å². The number of carbonyl (C=O) groups is 3. The highest BCUT2D eigenvalue weighted by molar-refractivity contribution is 6.12. The van der Waals surface area contributed by atoms with E-state index in [1.165, 1.54) is 9.80 Å². The molecule has 6 heteroatoms. The zero-order valence-corrected chi connectivity index (χ0v) is 16.9. The molecular weight excluding hydrogens is 378 g/mol. The molecule has 4 aliphatic rings. The number of hydrogen-bond acceptors (Lipinski definition) is 3. The average molecular weight is 403 g/mol. The number of urea groups is 1. The van der Waals surface area contributed by atoms with Gasteiger partial charge in [0, 0.05) is 31.2 Å². The predicted octanol–water partition coefficient (Wildman–Crippen LogP) is 3.07. The smallest absolute Gasteiger partial charge is 0.314 e. The Morgan fingerprint density at radius 3 is 2.50 bits per heavy atom. The topological polar surface area (TPSA) is 60.9 Å². The Morgan fingerprint density at radius 1 is 1.07 bits per heavy atom. The van der Waals surface area contributed by atoms with E-state index in [9.17, 15) is 14.4 Å². The largest absolute Gasteiger partial charge is 0.332 e.